The first-order chi connectivity index (χ1) is 14.6. The lowest BCUT2D eigenvalue weighted by Gasteiger charge is -2.34. The van der Waals surface area contributed by atoms with E-state index in [4.69, 9.17) is 4.42 Å². The maximum atomic E-state index is 13.5. The second kappa shape index (κ2) is 8.67. The molecule has 1 N–H and O–H groups in total. The van der Waals surface area contributed by atoms with Crippen LogP contribution in [-0.2, 0) is 0 Å². The van der Waals surface area contributed by atoms with E-state index in [0.29, 0.717) is 29.7 Å². The van der Waals surface area contributed by atoms with E-state index in [1.165, 1.54) is 18.2 Å². The number of halogens is 1. The van der Waals surface area contributed by atoms with Crippen LogP contribution in [0.1, 0.15) is 34.3 Å². The van der Waals surface area contributed by atoms with Gasteiger partial charge in [0, 0.05) is 37.1 Å². The fourth-order valence-corrected chi connectivity index (χ4v) is 3.77. The molecule has 2 aromatic carbocycles. The van der Waals surface area contributed by atoms with Crippen molar-refractivity contribution in [3.63, 3.8) is 0 Å². The van der Waals surface area contributed by atoms with Crippen LogP contribution >= 0.6 is 0 Å². The lowest BCUT2D eigenvalue weighted by atomic mass is 10.1. The quantitative estimate of drug-likeness (QED) is 0.692. The van der Waals surface area contributed by atoms with Gasteiger partial charge in [0.05, 0.1) is 0 Å². The number of benzene rings is 2. The summed E-state index contributed by atoms with van der Waals surface area (Å²) in [5.41, 5.74) is 1.01. The third-order valence-electron chi connectivity index (χ3n) is 5.31. The van der Waals surface area contributed by atoms with Crippen molar-refractivity contribution in [1.82, 2.24) is 9.80 Å². The van der Waals surface area contributed by atoms with Crippen molar-refractivity contribution >= 4 is 28.5 Å². The van der Waals surface area contributed by atoms with Crippen molar-refractivity contribution in [2.45, 2.75) is 13.3 Å². The normalized spacial score (nSPS) is 14.8. The van der Waals surface area contributed by atoms with Crippen molar-refractivity contribution in [2.24, 2.45) is 0 Å². The van der Waals surface area contributed by atoms with Gasteiger partial charge in [-0.2, -0.15) is 0 Å². The predicted molar refractivity (Wildman–Crippen MR) is 113 cm³/mol. The first-order valence-corrected chi connectivity index (χ1v) is 10.2. The summed E-state index contributed by atoms with van der Waals surface area (Å²) in [4.78, 5) is 30.0. The number of amides is 2. The first-order valence-electron chi connectivity index (χ1n) is 10.2. The lowest BCUT2D eigenvalue weighted by molar-refractivity contribution is 0.0610. The van der Waals surface area contributed by atoms with Crippen molar-refractivity contribution < 1.29 is 18.4 Å². The average Bonchev–Trinajstić information content (AvgIpc) is 3.12. The summed E-state index contributed by atoms with van der Waals surface area (Å²) in [5, 5.41) is 3.40. The molecule has 7 heteroatoms. The average molecular weight is 409 g/mol. The fraction of sp³-hybridized carbons (Fsp3) is 0.304. The number of piperazine rings is 1. The van der Waals surface area contributed by atoms with E-state index in [1.54, 1.807) is 17.0 Å². The standard InChI is InChI=1S/C23H24FN3O3/c1-2-10-26-11-13-27(14-12-26)23(29)21-20(18-8-3-4-9-19(18)30-21)25-22(28)16-6-5-7-17(24)15-16/h3-9,15H,2,10-14H2,1H3,(H,25,28). The Kier molecular flexibility index (Phi) is 5.81. The van der Waals surface area contributed by atoms with Crippen LogP contribution in [0.3, 0.4) is 0 Å². The van der Waals surface area contributed by atoms with Crippen LogP contribution < -0.4 is 5.32 Å². The number of carbonyl (C=O) groups is 2. The molecular weight excluding hydrogens is 385 g/mol. The van der Waals surface area contributed by atoms with Gasteiger partial charge >= 0.3 is 0 Å². The van der Waals surface area contributed by atoms with Crippen LogP contribution in [0.15, 0.2) is 52.9 Å². The van der Waals surface area contributed by atoms with Gasteiger partial charge in [-0.15, -0.1) is 0 Å². The maximum Gasteiger partial charge on any atom is 0.291 e. The van der Waals surface area contributed by atoms with Crippen LogP contribution in [-0.4, -0.2) is 54.3 Å². The highest BCUT2D eigenvalue weighted by molar-refractivity contribution is 6.14. The first kappa shape index (κ1) is 20.1. The lowest BCUT2D eigenvalue weighted by Crippen LogP contribution is -2.48. The number of rotatable bonds is 5. The summed E-state index contributed by atoms with van der Waals surface area (Å²) >= 11 is 0. The Bertz CT molecular complexity index is 1070. The minimum absolute atomic E-state index is 0.102. The summed E-state index contributed by atoms with van der Waals surface area (Å²) in [6, 6.07) is 12.6. The number of hydrogen-bond donors (Lipinski definition) is 1. The number of furan rings is 1. The van der Waals surface area contributed by atoms with Gasteiger partial charge in [-0.1, -0.05) is 25.1 Å². The van der Waals surface area contributed by atoms with Gasteiger partial charge in [-0.05, 0) is 43.3 Å². The molecule has 1 saturated heterocycles. The van der Waals surface area contributed by atoms with E-state index in [-0.39, 0.29) is 17.2 Å². The van der Waals surface area contributed by atoms with E-state index in [0.717, 1.165) is 32.1 Å². The topological polar surface area (TPSA) is 65.8 Å². The largest absolute Gasteiger partial charge is 0.449 e. The van der Waals surface area contributed by atoms with Crippen molar-refractivity contribution in [1.29, 1.82) is 0 Å². The van der Waals surface area contributed by atoms with Crippen LogP contribution in [0.25, 0.3) is 11.0 Å². The van der Waals surface area contributed by atoms with Crippen molar-refractivity contribution in [3.8, 4) is 0 Å². The summed E-state index contributed by atoms with van der Waals surface area (Å²) < 4.78 is 19.4. The monoisotopic (exact) mass is 409 g/mol. The summed E-state index contributed by atoms with van der Waals surface area (Å²) in [5.74, 6) is -1.15. The molecule has 0 unspecified atom stereocenters. The third kappa shape index (κ3) is 4.07. The fourth-order valence-electron chi connectivity index (χ4n) is 3.77. The smallest absolute Gasteiger partial charge is 0.291 e. The molecule has 1 aliphatic heterocycles. The SMILES string of the molecule is CCCN1CCN(C(=O)c2oc3ccccc3c2NC(=O)c2cccc(F)c2)CC1. The van der Waals surface area contributed by atoms with E-state index in [2.05, 4.69) is 17.1 Å². The molecule has 0 aliphatic carbocycles. The molecule has 6 nitrogen and oxygen atoms in total. The molecule has 1 aromatic heterocycles. The molecule has 0 atom stereocenters. The van der Waals surface area contributed by atoms with E-state index >= 15 is 0 Å². The highest BCUT2D eigenvalue weighted by atomic mass is 19.1. The highest BCUT2D eigenvalue weighted by Gasteiger charge is 2.29. The molecule has 2 heterocycles. The zero-order valence-electron chi connectivity index (χ0n) is 16.9. The minimum atomic E-state index is -0.499. The summed E-state index contributed by atoms with van der Waals surface area (Å²) in [7, 11) is 0. The number of carbonyl (C=O) groups excluding carboxylic acids is 2. The molecule has 0 spiro atoms. The highest BCUT2D eigenvalue weighted by Crippen LogP contribution is 2.32. The van der Waals surface area contributed by atoms with Gasteiger partial charge in [-0.3, -0.25) is 14.5 Å². The minimum Gasteiger partial charge on any atom is -0.449 e. The maximum absolute atomic E-state index is 13.5. The van der Waals surface area contributed by atoms with E-state index in [9.17, 15) is 14.0 Å². The molecule has 30 heavy (non-hydrogen) atoms. The van der Waals surface area contributed by atoms with Crippen LogP contribution in [0.2, 0.25) is 0 Å². The van der Waals surface area contributed by atoms with Crippen molar-refractivity contribution in [3.05, 3.63) is 65.7 Å². The zero-order chi connectivity index (χ0) is 21.1. The zero-order valence-corrected chi connectivity index (χ0v) is 16.9. The predicted octanol–water partition coefficient (Wildman–Crippen LogP) is 3.99. The van der Waals surface area contributed by atoms with Crippen LogP contribution in [0.5, 0.6) is 0 Å². The number of fused-ring (bicyclic) bond motifs is 1. The Hall–Kier alpha value is -3.19. The van der Waals surface area contributed by atoms with Gasteiger partial charge in [-0.25, -0.2) is 4.39 Å². The van der Waals surface area contributed by atoms with E-state index < -0.39 is 11.7 Å². The molecule has 1 fully saturated rings. The third-order valence-corrected chi connectivity index (χ3v) is 5.31. The molecule has 0 radical (unpaired) electrons. The molecule has 0 bridgehead atoms. The molecule has 0 saturated carbocycles. The molecule has 156 valence electrons. The van der Waals surface area contributed by atoms with Gasteiger partial charge in [0.25, 0.3) is 11.8 Å². The molecule has 4 rings (SSSR count). The number of hydrogen-bond acceptors (Lipinski definition) is 4. The van der Waals surface area contributed by atoms with Gasteiger partial charge in [0.15, 0.2) is 0 Å². The van der Waals surface area contributed by atoms with E-state index in [1.807, 2.05) is 12.1 Å². The molecule has 2 amide bonds. The number of para-hydroxylation sites is 1. The second-order valence-electron chi connectivity index (χ2n) is 7.40. The Morgan fingerprint density at radius 3 is 2.57 bits per heavy atom. The second-order valence-corrected chi connectivity index (χ2v) is 7.40. The Morgan fingerprint density at radius 2 is 1.83 bits per heavy atom. The summed E-state index contributed by atoms with van der Waals surface area (Å²) in [6.07, 6.45) is 1.08. The molecular formula is C23H24FN3O3. The van der Waals surface area contributed by atoms with Gasteiger partial charge in [0.2, 0.25) is 5.76 Å². The number of nitrogens with one attached hydrogen (secondary N) is 1. The Labute approximate surface area is 174 Å². The molecule has 1 aliphatic rings. The van der Waals surface area contributed by atoms with Crippen LogP contribution in [0, 0.1) is 5.82 Å². The number of nitrogens with zero attached hydrogens (tertiary/aromatic N) is 2. The Morgan fingerprint density at radius 1 is 1.07 bits per heavy atom. The van der Waals surface area contributed by atoms with Crippen LogP contribution in [0.4, 0.5) is 10.1 Å². The molecule has 3 aromatic rings. The van der Waals surface area contributed by atoms with Gasteiger partial charge in [0.1, 0.15) is 17.1 Å². The summed E-state index contributed by atoms with van der Waals surface area (Å²) in [6.45, 7) is 5.98. The van der Waals surface area contributed by atoms with Crippen molar-refractivity contribution in [2.75, 3.05) is 38.0 Å². The number of anilines is 1. The van der Waals surface area contributed by atoms with Gasteiger partial charge < -0.3 is 14.6 Å². The Balaban J connectivity index is 1.62.